The monoisotopic (exact) mass is 290 g/mol. The highest BCUT2D eigenvalue weighted by atomic mass is 35.5. The van der Waals surface area contributed by atoms with Crippen LogP contribution in [0.2, 0.25) is 5.02 Å². The van der Waals surface area contributed by atoms with E-state index >= 15 is 0 Å². The summed E-state index contributed by atoms with van der Waals surface area (Å²) in [6.07, 6.45) is 4.25. The van der Waals surface area contributed by atoms with Crippen molar-refractivity contribution < 1.29 is 0 Å². The van der Waals surface area contributed by atoms with Gasteiger partial charge >= 0.3 is 0 Å². The first-order valence-electron chi connectivity index (χ1n) is 6.92. The number of rotatable bonds is 3. The summed E-state index contributed by atoms with van der Waals surface area (Å²) in [5.41, 5.74) is 4.56. The van der Waals surface area contributed by atoms with Gasteiger partial charge in [0.1, 0.15) is 0 Å². The van der Waals surface area contributed by atoms with E-state index in [1.165, 1.54) is 5.56 Å². The quantitative estimate of drug-likeness (QED) is 0.505. The van der Waals surface area contributed by atoms with Crippen LogP contribution in [0.15, 0.2) is 78.9 Å². The molecule has 0 saturated heterocycles. The lowest BCUT2D eigenvalue weighted by Crippen LogP contribution is -1.84. The Balaban J connectivity index is 2.01. The van der Waals surface area contributed by atoms with Gasteiger partial charge in [0.2, 0.25) is 0 Å². The summed E-state index contributed by atoms with van der Waals surface area (Å²) in [7, 11) is 0. The van der Waals surface area contributed by atoms with Gasteiger partial charge in [0.25, 0.3) is 0 Å². The fourth-order valence-corrected chi connectivity index (χ4v) is 2.55. The fraction of sp³-hybridized carbons (Fsp3) is 0. The van der Waals surface area contributed by atoms with Crippen LogP contribution in [0.1, 0.15) is 11.1 Å². The molecule has 3 aromatic rings. The predicted molar refractivity (Wildman–Crippen MR) is 92.3 cm³/mol. The average molecular weight is 291 g/mol. The summed E-state index contributed by atoms with van der Waals surface area (Å²) in [6.45, 7) is 0. The number of benzene rings is 3. The Hall–Kier alpha value is -2.31. The van der Waals surface area contributed by atoms with Crippen LogP contribution < -0.4 is 0 Å². The molecule has 0 fully saturated rings. The Kier molecular flexibility index (Phi) is 4.18. The summed E-state index contributed by atoms with van der Waals surface area (Å²) >= 11 is 6.32. The molecule has 0 N–H and O–H groups in total. The minimum Gasteiger partial charge on any atom is -0.0837 e. The van der Waals surface area contributed by atoms with Gasteiger partial charge in [-0.2, -0.15) is 0 Å². The molecule has 0 heterocycles. The van der Waals surface area contributed by atoms with Gasteiger partial charge in [-0.25, -0.2) is 0 Å². The van der Waals surface area contributed by atoms with E-state index in [1.54, 1.807) is 0 Å². The van der Waals surface area contributed by atoms with E-state index in [-0.39, 0.29) is 0 Å². The van der Waals surface area contributed by atoms with Gasteiger partial charge in [-0.05, 0) is 22.8 Å². The van der Waals surface area contributed by atoms with Gasteiger partial charge < -0.3 is 0 Å². The van der Waals surface area contributed by atoms with Gasteiger partial charge in [0, 0.05) is 10.6 Å². The zero-order valence-electron chi connectivity index (χ0n) is 11.5. The van der Waals surface area contributed by atoms with Crippen molar-refractivity contribution in [1.29, 1.82) is 0 Å². The van der Waals surface area contributed by atoms with Crippen LogP contribution in [0.25, 0.3) is 23.3 Å². The molecular weight excluding hydrogens is 276 g/mol. The summed E-state index contributed by atoms with van der Waals surface area (Å²) in [6, 6.07) is 26.5. The predicted octanol–water partition coefficient (Wildman–Crippen LogP) is 6.18. The van der Waals surface area contributed by atoms with Crippen molar-refractivity contribution in [2.45, 2.75) is 0 Å². The average Bonchev–Trinajstić information content (AvgIpc) is 2.55. The van der Waals surface area contributed by atoms with Crippen LogP contribution in [-0.2, 0) is 0 Å². The number of hydrogen-bond donors (Lipinski definition) is 0. The number of halogens is 1. The molecule has 0 unspecified atom stereocenters. The van der Waals surface area contributed by atoms with E-state index in [9.17, 15) is 0 Å². The van der Waals surface area contributed by atoms with E-state index in [0.29, 0.717) is 0 Å². The van der Waals surface area contributed by atoms with Crippen molar-refractivity contribution in [3.05, 3.63) is 95.0 Å². The lowest BCUT2D eigenvalue weighted by Gasteiger charge is -2.08. The van der Waals surface area contributed by atoms with Crippen molar-refractivity contribution >= 4 is 23.8 Å². The lowest BCUT2D eigenvalue weighted by atomic mass is 9.99. The van der Waals surface area contributed by atoms with E-state index in [0.717, 1.165) is 21.7 Å². The first-order chi connectivity index (χ1) is 10.3. The third kappa shape index (κ3) is 3.24. The Morgan fingerprint density at radius 2 is 1.19 bits per heavy atom. The van der Waals surface area contributed by atoms with Crippen molar-refractivity contribution in [1.82, 2.24) is 0 Å². The molecular formula is C20H15Cl. The molecule has 21 heavy (non-hydrogen) atoms. The highest BCUT2D eigenvalue weighted by molar-refractivity contribution is 6.33. The zero-order valence-corrected chi connectivity index (χ0v) is 12.3. The molecule has 0 bridgehead atoms. The van der Waals surface area contributed by atoms with Gasteiger partial charge in [-0.15, -0.1) is 0 Å². The first-order valence-corrected chi connectivity index (χ1v) is 7.29. The topological polar surface area (TPSA) is 0 Å². The molecule has 0 spiro atoms. The molecule has 0 aliphatic carbocycles. The van der Waals surface area contributed by atoms with Gasteiger partial charge in [-0.3, -0.25) is 0 Å². The molecule has 0 aliphatic rings. The van der Waals surface area contributed by atoms with Crippen LogP contribution >= 0.6 is 11.6 Å². The summed E-state index contributed by atoms with van der Waals surface area (Å²) < 4.78 is 0. The molecule has 0 aromatic heterocycles. The van der Waals surface area contributed by atoms with Crippen molar-refractivity contribution in [2.24, 2.45) is 0 Å². The normalized spacial score (nSPS) is 10.9. The molecule has 102 valence electrons. The molecule has 3 rings (SSSR count). The lowest BCUT2D eigenvalue weighted by molar-refractivity contribution is 1.59. The largest absolute Gasteiger partial charge is 0.0837 e. The minimum atomic E-state index is 0.776. The van der Waals surface area contributed by atoms with Crippen molar-refractivity contribution in [3.8, 4) is 11.1 Å². The molecule has 0 radical (unpaired) electrons. The highest BCUT2D eigenvalue weighted by Crippen LogP contribution is 2.31. The van der Waals surface area contributed by atoms with E-state index in [2.05, 4.69) is 42.5 Å². The third-order valence-electron chi connectivity index (χ3n) is 3.38. The number of hydrogen-bond acceptors (Lipinski definition) is 0. The van der Waals surface area contributed by atoms with Crippen LogP contribution in [0.3, 0.4) is 0 Å². The van der Waals surface area contributed by atoms with Crippen molar-refractivity contribution in [2.75, 3.05) is 0 Å². The summed E-state index contributed by atoms with van der Waals surface area (Å²) in [4.78, 5) is 0. The Bertz CT molecular complexity index is 758. The standard InChI is InChI=1S/C20H15Cl/c21-20-13-7-6-12-19(20)18-11-5-4-10-17(18)15-14-16-8-2-1-3-9-16/h1-15H/b15-14+. The Morgan fingerprint density at radius 3 is 1.95 bits per heavy atom. The molecule has 0 atom stereocenters. The van der Waals surface area contributed by atoms with Crippen LogP contribution in [0.5, 0.6) is 0 Å². The molecule has 0 aliphatic heterocycles. The highest BCUT2D eigenvalue weighted by Gasteiger charge is 2.05. The second-order valence-electron chi connectivity index (χ2n) is 4.81. The molecule has 0 nitrogen and oxygen atoms in total. The van der Waals surface area contributed by atoms with E-state index < -0.39 is 0 Å². The van der Waals surface area contributed by atoms with Gasteiger partial charge in [0.05, 0.1) is 0 Å². The molecule has 0 saturated carbocycles. The molecule has 1 heteroatoms. The maximum absolute atomic E-state index is 6.32. The van der Waals surface area contributed by atoms with Gasteiger partial charge in [0.15, 0.2) is 0 Å². The van der Waals surface area contributed by atoms with Crippen LogP contribution in [-0.4, -0.2) is 0 Å². The van der Waals surface area contributed by atoms with Crippen LogP contribution in [0, 0.1) is 0 Å². The maximum Gasteiger partial charge on any atom is 0.0484 e. The second kappa shape index (κ2) is 6.43. The Morgan fingerprint density at radius 1 is 0.571 bits per heavy atom. The summed E-state index contributed by atoms with van der Waals surface area (Å²) in [5, 5.41) is 0.776. The maximum atomic E-state index is 6.32. The van der Waals surface area contributed by atoms with E-state index in [1.807, 2.05) is 48.5 Å². The Labute approximate surface area is 130 Å². The molecule has 3 aromatic carbocycles. The van der Waals surface area contributed by atoms with Crippen LogP contribution in [0.4, 0.5) is 0 Å². The minimum absolute atomic E-state index is 0.776. The van der Waals surface area contributed by atoms with Gasteiger partial charge in [-0.1, -0.05) is 96.5 Å². The second-order valence-corrected chi connectivity index (χ2v) is 5.22. The smallest absolute Gasteiger partial charge is 0.0484 e. The third-order valence-corrected chi connectivity index (χ3v) is 3.71. The molecule has 0 amide bonds. The fourth-order valence-electron chi connectivity index (χ4n) is 2.32. The first kappa shape index (κ1) is 13.7. The summed E-state index contributed by atoms with van der Waals surface area (Å²) in [5.74, 6) is 0. The SMILES string of the molecule is Clc1ccccc1-c1ccccc1/C=C/c1ccccc1. The zero-order chi connectivity index (χ0) is 14.5. The van der Waals surface area contributed by atoms with Crippen molar-refractivity contribution in [3.63, 3.8) is 0 Å². The van der Waals surface area contributed by atoms with E-state index in [4.69, 9.17) is 11.6 Å².